The van der Waals surface area contributed by atoms with E-state index in [1.165, 1.54) is 17.7 Å². The van der Waals surface area contributed by atoms with Gasteiger partial charge in [-0.05, 0) is 37.1 Å². The van der Waals surface area contributed by atoms with E-state index in [4.69, 9.17) is 4.74 Å². The molecule has 0 saturated heterocycles. The van der Waals surface area contributed by atoms with Crippen LogP contribution in [-0.4, -0.2) is 32.8 Å². The van der Waals surface area contributed by atoms with Crippen molar-refractivity contribution in [1.29, 1.82) is 0 Å². The van der Waals surface area contributed by atoms with E-state index in [2.05, 4.69) is 40.1 Å². The summed E-state index contributed by atoms with van der Waals surface area (Å²) in [6.45, 7) is 4.57. The molecule has 4 nitrogen and oxygen atoms in total. The van der Waals surface area contributed by atoms with E-state index in [0.717, 1.165) is 25.0 Å². The Bertz CT molecular complexity index is 387. The molecule has 1 aromatic heterocycles. The van der Waals surface area contributed by atoms with Gasteiger partial charge in [0, 0.05) is 25.1 Å². The van der Waals surface area contributed by atoms with Crippen LogP contribution >= 0.6 is 11.3 Å². The third kappa shape index (κ3) is 5.20. The van der Waals surface area contributed by atoms with Gasteiger partial charge in [0.2, 0.25) is 0 Å². The molecule has 0 radical (unpaired) electrons. The van der Waals surface area contributed by atoms with E-state index in [9.17, 15) is 0 Å². The summed E-state index contributed by atoms with van der Waals surface area (Å²) in [6, 6.07) is 4.51. The second-order valence-corrected chi connectivity index (χ2v) is 5.91. The van der Waals surface area contributed by atoms with E-state index in [0.29, 0.717) is 6.61 Å². The van der Waals surface area contributed by atoms with Gasteiger partial charge in [-0.15, -0.1) is 11.3 Å². The first-order valence-corrected chi connectivity index (χ1v) is 7.74. The third-order valence-corrected chi connectivity index (χ3v) is 4.18. The van der Waals surface area contributed by atoms with Gasteiger partial charge >= 0.3 is 0 Å². The van der Waals surface area contributed by atoms with E-state index in [-0.39, 0.29) is 6.04 Å². The number of aliphatic imine (C=N–C) groups is 1. The van der Waals surface area contributed by atoms with Crippen molar-refractivity contribution < 1.29 is 4.74 Å². The molecule has 1 aliphatic rings. The quantitative estimate of drug-likeness (QED) is 0.458. The van der Waals surface area contributed by atoms with Gasteiger partial charge in [0.1, 0.15) is 0 Å². The Hall–Kier alpha value is -1.07. The highest BCUT2D eigenvalue weighted by Gasteiger charge is 2.21. The summed E-state index contributed by atoms with van der Waals surface area (Å²) < 4.78 is 5.06. The van der Waals surface area contributed by atoms with Crippen molar-refractivity contribution >= 4 is 17.3 Å². The molecule has 2 rings (SSSR count). The molecule has 0 bridgehead atoms. The number of methoxy groups -OCH3 is 1. The summed E-state index contributed by atoms with van der Waals surface area (Å²) >= 11 is 1.77. The summed E-state index contributed by atoms with van der Waals surface area (Å²) in [5, 5.41) is 8.87. The minimum atomic E-state index is 0.285. The number of hydrogen-bond donors (Lipinski definition) is 2. The lowest BCUT2D eigenvalue weighted by Crippen LogP contribution is -2.40. The Morgan fingerprint density at radius 1 is 1.58 bits per heavy atom. The van der Waals surface area contributed by atoms with Crippen LogP contribution in [0.4, 0.5) is 0 Å². The van der Waals surface area contributed by atoms with Gasteiger partial charge in [0.25, 0.3) is 0 Å². The minimum Gasteiger partial charge on any atom is -0.383 e. The number of ether oxygens (including phenoxy) is 1. The van der Waals surface area contributed by atoms with Gasteiger partial charge in [-0.3, -0.25) is 4.99 Å². The van der Waals surface area contributed by atoms with Crippen LogP contribution in [0, 0.1) is 5.92 Å². The zero-order valence-corrected chi connectivity index (χ0v) is 12.5. The van der Waals surface area contributed by atoms with Crippen molar-refractivity contribution in [3.63, 3.8) is 0 Å². The second kappa shape index (κ2) is 7.50. The maximum absolute atomic E-state index is 5.06. The van der Waals surface area contributed by atoms with Crippen LogP contribution in [0.2, 0.25) is 0 Å². The molecular weight excluding hydrogens is 258 g/mol. The Labute approximate surface area is 119 Å². The molecule has 1 aromatic rings. The van der Waals surface area contributed by atoms with Crippen LogP contribution in [0.15, 0.2) is 22.5 Å². The van der Waals surface area contributed by atoms with Crippen molar-refractivity contribution in [3.05, 3.63) is 22.4 Å². The largest absolute Gasteiger partial charge is 0.383 e. The van der Waals surface area contributed by atoms with Gasteiger partial charge in [0.05, 0.1) is 12.6 Å². The predicted molar refractivity (Wildman–Crippen MR) is 80.8 cm³/mol. The summed E-state index contributed by atoms with van der Waals surface area (Å²) in [5.41, 5.74) is 0. The number of thiophene rings is 1. The molecule has 1 unspecified atom stereocenters. The fourth-order valence-corrected chi connectivity index (χ4v) is 2.49. The molecule has 1 saturated carbocycles. The molecule has 1 fully saturated rings. The molecule has 1 heterocycles. The standard InChI is InChI=1S/C14H23N3OS/c1-11(13-4-3-9-19-13)17-14(15-7-8-18-2)16-10-12-5-6-12/h3-4,9,11-12H,5-8,10H2,1-2H3,(H2,15,16,17). The highest BCUT2D eigenvalue weighted by molar-refractivity contribution is 7.10. The summed E-state index contributed by atoms with van der Waals surface area (Å²) in [6.07, 6.45) is 2.66. The van der Waals surface area contributed by atoms with Crippen molar-refractivity contribution in [2.75, 3.05) is 26.8 Å². The number of nitrogens with zero attached hydrogens (tertiary/aromatic N) is 1. The van der Waals surface area contributed by atoms with Gasteiger partial charge in [-0.25, -0.2) is 0 Å². The normalized spacial score (nSPS) is 17.3. The lowest BCUT2D eigenvalue weighted by atomic mass is 10.3. The average Bonchev–Trinajstić information content (AvgIpc) is 3.07. The van der Waals surface area contributed by atoms with Crippen LogP contribution in [0.3, 0.4) is 0 Å². The molecule has 5 heteroatoms. The van der Waals surface area contributed by atoms with Crippen LogP contribution in [0.25, 0.3) is 0 Å². The summed E-state index contributed by atoms with van der Waals surface area (Å²) in [4.78, 5) is 5.98. The zero-order valence-electron chi connectivity index (χ0n) is 11.7. The smallest absolute Gasteiger partial charge is 0.191 e. The van der Waals surface area contributed by atoms with Crippen molar-refractivity contribution in [2.24, 2.45) is 10.9 Å². The van der Waals surface area contributed by atoms with Gasteiger partial charge in [-0.2, -0.15) is 0 Å². The SMILES string of the molecule is COCCNC(=NCC1CC1)NC(C)c1cccs1. The molecule has 1 atom stereocenters. The number of guanidine groups is 1. The molecule has 1 aliphatic carbocycles. The Kier molecular flexibility index (Phi) is 5.66. The van der Waals surface area contributed by atoms with Crippen molar-refractivity contribution in [1.82, 2.24) is 10.6 Å². The molecule has 0 aliphatic heterocycles. The zero-order chi connectivity index (χ0) is 13.5. The maximum Gasteiger partial charge on any atom is 0.191 e. The Balaban J connectivity index is 1.85. The molecule has 0 amide bonds. The number of hydrogen-bond acceptors (Lipinski definition) is 3. The lowest BCUT2D eigenvalue weighted by Gasteiger charge is -2.17. The van der Waals surface area contributed by atoms with Crippen LogP contribution in [0.5, 0.6) is 0 Å². The van der Waals surface area contributed by atoms with Crippen LogP contribution in [0.1, 0.15) is 30.7 Å². The number of rotatable bonds is 7. The number of nitrogens with one attached hydrogen (secondary N) is 2. The van der Waals surface area contributed by atoms with E-state index in [1.54, 1.807) is 18.4 Å². The van der Waals surface area contributed by atoms with E-state index >= 15 is 0 Å². The fourth-order valence-electron chi connectivity index (χ4n) is 1.76. The summed E-state index contributed by atoms with van der Waals surface area (Å²) in [7, 11) is 1.71. The average molecular weight is 281 g/mol. The van der Waals surface area contributed by atoms with Crippen LogP contribution in [-0.2, 0) is 4.74 Å². The molecular formula is C14H23N3OS. The second-order valence-electron chi connectivity index (χ2n) is 4.93. The molecule has 0 aromatic carbocycles. The first-order chi connectivity index (χ1) is 9.29. The Morgan fingerprint density at radius 2 is 2.42 bits per heavy atom. The molecule has 0 spiro atoms. The predicted octanol–water partition coefficient (Wildman–Crippen LogP) is 2.40. The van der Waals surface area contributed by atoms with Crippen molar-refractivity contribution in [3.8, 4) is 0 Å². The van der Waals surface area contributed by atoms with Gasteiger partial charge < -0.3 is 15.4 Å². The van der Waals surface area contributed by atoms with Gasteiger partial charge in [-0.1, -0.05) is 6.07 Å². The minimum absolute atomic E-state index is 0.285. The van der Waals surface area contributed by atoms with E-state index < -0.39 is 0 Å². The Morgan fingerprint density at radius 3 is 3.05 bits per heavy atom. The van der Waals surface area contributed by atoms with Crippen molar-refractivity contribution in [2.45, 2.75) is 25.8 Å². The highest BCUT2D eigenvalue weighted by Crippen LogP contribution is 2.28. The van der Waals surface area contributed by atoms with Gasteiger partial charge in [0.15, 0.2) is 5.96 Å². The lowest BCUT2D eigenvalue weighted by molar-refractivity contribution is 0.203. The topological polar surface area (TPSA) is 45.6 Å². The first-order valence-electron chi connectivity index (χ1n) is 6.86. The van der Waals surface area contributed by atoms with E-state index in [1.807, 2.05) is 0 Å². The molecule has 19 heavy (non-hydrogen) atoms. The third-order valence-electron chi connectivity index (χ3n) is 3.13. The fraction of sp³-hybridized carbons (Fsp3) is 0.643. The van der Waals surface area contributed by atoms with Crippen LogP contribution < -0.4 is 10.6 Å². The maximum atomic E-state index is 5.06. The first kappa shape index (κ1) is 14.3. The monoisotopic (exact) mass is 281 g/mol. The summed E-state index contributed by atoms with van der Waals surface area (Å²) in [5.74, 6) is 1.70. The molecule has 2 N–H and O–H groups in total. The highest BCUT2D eigenvalue weighted by atomic mass is 32.1. The molecule has 106 valence electrons.